The number of rotatable bonds is 4. The zero-order chi connectivity index (χ0) is 17.8. The second kappa shape index (κ2) is 7.51. The smallest absolute Gasteiger partial charge is 0.227 e. The quantitative estimate of drug-likeness (QED) is 0.849. The van der Waals surface area contributed by atoms with Crippen molar-refractivity contribution in [3.05, 3.63) is 47.7 Å². The van der Waals surface area contributed by atoms with Gasteiger partial charge in [-0.2, -0.15) is 5.10 Å². The van der Waals surface area contributed by atoms with Gasteiger partial charge in [-0.3, -0.25) is 4.79 Å². The molecule has 1 amide bonds. The first-order chi connectivity index (χ1) is 12.0. The minimum atomic E-state index is 0.193. The topological polar surface area (TPSA) is 52.6 Å². The van der Waals surface area contributed by atoms with Crippen LogP contribution in [0.2, 0.25) is 0 Å². The van der Waals surface area contributed by atoms with Crippen LogP contribution >= 0.6 is 0 Å². The number of piperazine rings is 1. The van der Waals surface area contributed by atoms with Crippen LogP contribution in [0.25, 0.3) is 0 Å². The van der Waals surface area contributed by atoms with Gasteiger partial charge in [-0.1, -0.05) is 29.8 Å². The van der Waals surface area contributed by atoms with Gasteiger partial charge in [-0.25, -0.2) is 0 Å². The molecule has 3 rings (SSSR count). The maximum atomic E-state index is 12.5. The third kappa shape index (κ3) is 4.26. The molecule has 1 aliphatic heterocycles. The van der Waals surface area contributed by atoms with Crippen molar-refractivity contribution in [2.75, 3.05) is 50.1 Å². The molecule has 6 nitrogen and oxygen atoms in total. The molecule has 0 saturated carbocycles. The van der Waals surface area contributed by atoms with Crippen molar-refractivity contribution in [3.63, 3.8) is 0 Å². The number of amides is 1. The molecule has 1 aliphatic rings. The zero-order valence-electron chi connectivity index (χ0n) is 15.1. The number of anilines is 2. The van der Waals surface area contributed by atoms with E-state index in [0.717, 1.165) is 43.2 Å². The monoisotopic (exact) mass is 339 g/mol. The highest BCUT2D eigenvalue weighted by Gasteiger charge is 2.22. The molecule has 0 radical (unpaired) electrons. The van der Waals surface area contributed by atoms with Crippen LogP contribution in [0.15, 0.2) is 36.5 Å². The van der Waals surface area contributed by atoms with Crippen LogP contribution in [0, 0.1) is 6.92 Å². The highest BCUT2D eigenvalue weighted by atomic mass is 16.2. The standard InChI is InChI=1S/C19H25N5O/c1-15-5-4-6-16(11-15)12-19(25)24-9-7-23(8-10-24)18-13-17(22(2)3)14-20-21-18/h4-6,11,13-14H,7-10,12H2,1-3H3. The molecule has 0 aliphatic carbocycles. The molecule has 25 heavy (non-hydrogen) atoms. The summed E-state index contributed by atoms with van der Waals surface area (Å²) in [7, 11) is 3.98. The molecule has 0 unspecified atom stereocenters. The molecule has 132 valence electrons. The van der Waals surface area contributed by atoms with E-state index in [0.29, 0.717) is 6.42 Å². The predicted octanol–water partition coefficient (Wildman–Crippen LogP) is 1.74. The lowest BCUT2D eigenvalue weighted by molar-refractivity contribution is -0.130. The zero-order valence-corrected chi connectivity index (χ0v) is 15.1. The van der Waals surface area contributed by atoms with Crippen molar-refractivity contribution < 1.29 is 4.79 Å². The Hall–Kier alpha value is -2.63. The predicted molar refractivity (Wildman–Crippen MR) is 100 cm³/mol. The van der Waals surface area contributed by atoms with Crippen LogP contribution < -0.4 is 9.80 Å². The number of nitrogens with zero attached hydrogens (tertiary/aromatic N) is 5. The van der Waals surface area contributed by atoms with Crippen molar-refractivity contribution >= 4 is 17.4 Å². The molecular weight excluding hydrogens is 314 g/mol. The fourth-order valence-electron chi connectivity index (χ4n) is 3.04. The number of hydrogen-bond acceptors (Lipinski definition) is 5. The van der Waals surface area contributed by atoms with Gasteiger partial charge in [0.2, 0.25) is 5.91 Å². The summed E-state index contributed by atoms with van der Waals surface area (Å²) in [5, 5.41) is 8.32. The van der Waals surface area contributed by atoms with Gasteiger partial charge in [0.15, 0.2) is 5.82 Å². The Kier molecular flexibility index (Phi) is 5.16. The molecule has 6 heteroatoms. The van der Waals surface area contributed by atoms with Crippen LogP contribution in [-0.4, -0.2) is 61.3 Å². The molecule has 0 atom stereocenters. The molecule has 1 saturated heterocycles. The maximum absolute atomic E-state index is 12.5. The normalized spacial score (nSPS) is 14.5. The number of benzene rings is 1. The van der Waals surface area contributed by atoms with Gasteiger partial charge in [-0.15, -0.1) is 5.10 Å². The number of carbonyl (C=O) groups is 1. The van der Waals surface area contributed by atoms with E-state index in [-0.39, 0.29) is 5.91 Å². The molecular formula is C19H25N5O. The van der Waals surface area contributed by atoms with E-state index < -0.39 is 0 Å². The summed E-state index contributed by atoms with van der Waals surface area (Å²) >= 11 is 0. The summed E-state index contributed by atoms with van der Waals surface area (Å²) < 4.78 is 0. The molecule has 1 aromatic heterocycles. The second-order valence-electron chi connectivity index (χ2n) is 6.70. The van der Waals surface area contributed by atoms with Crippen LogP contribution in [0.1, 0.15) is 11.1 Å². The van der Waals surface area contributed by atoms with Gasteiger partial charge in [0.25, 0.3) is 0 Å². The van der Waals surface area contributed by atoms with Crippen LogP contribution in [0.4, 0.5) is 11.5 Å². The third-order valence-electron chi connectivity index (χ3n) is 4.54. The van der Waals surface area contributed by atoms with E-state index in [9.17, 15) is 4.79 Å². The van der Waals surface area contributed by atoms with Gasteiger partial charge in [0, 0.05) is 46.3 Å². The molecule has 0 spiro atoms. The fourth-order valence-corrected chi connectivity index (χ4v) is 3.04. The number of aromatic nitrogens is 2. The largest absolute Gasteiger partial charge is 0.376 e. The van der Waals surface area contributed by atoms with Gasteiger partial charge in [0.05, 0.1) is 18.3 Å². The molecule has 1 aromatic carbocycles. The lowest BCUT2D eigenvalue weighted by Crippen LogP contribution is -2.49. The lowest BCUT2D eigenvalue weighted by atomic mass is 10.1. The SMILES string of the molecule is Cc1cccc(CC(=O)N2CCN(c3cc(N(C)C)cnn3)CC2)c1. The molecule has 0 N–H and O–H groups in total. The Morgan fingerprint density at radius 1 is 1.16 bits per heavy atom. The van der Waals surface area contributed by atoms with Crippen LogP contribution in [-0.2, 0) is 11.2 Å². The lowest BCUT2D eigenvalue weighted by Gasteiger charge is -2.35. The first-order valence-electron chi connectivity index (χ1n) is 8.61. The first-order valence-corrected chi connectivity index (χ1v) is 8.61. The highest BCUT2D eigenvalue weighted by molar-refractivity contribution is 5.79. The van der Waals surface area contributed by atoms with Gasteiger partial charge in [-0.05, 0) is 12.5 Å². The van der Waals surface area contributed by atoms with Crippen molar-refractivity contribution in [1.29, 1.82) is 0 Å². The molecule has 0 bridgehead atoms. The first kappa shape index (κ1) is 17.2. The molecule has 1 fully saturated rings. The van der Waals surface area contributed by atoms with Crippen LogP contribution in [0.5, 0.6) is 0 Å². The van der Waals surface area contributed by atoms with Gasteiger partial charge in [0.1, 0.15) is 0 Å². The molecule has 2 heterocycles. The van der Waals surface area contributed by atoms with Crippen molar-refractivity contribution in [1.82, 2.24) is 15.1 Å². The summed E-state index contributed by atoms with van der Waals surface area (Å²) in [5.74, 6) is 1.07. The fraction of sp³-hybridized carbons (Fsp3) is 0.421. The molecule has 2 aromatic rings. The Bertz CT molecular complexity index is 738. The Morgan fingerprint density at radius 3 is 2.60 bits per heavy atom. The average Bonchev–Trinajstić information content (AvgIpc) is 2.62. The van der Waals surface area contributed by atoms with Gasteiger partial charge >= 0.3 is 0 Å². The minimum Gasteiger partial charge on any atom is -0.376 e. The summed E-state index contributed by atoms with van der Waals surface area (Å²) in [6.45, 7) is 5.06. The minimum absolute atomic E-state index is 0.193. The van der Waals surface area contributed by atoms with Crippen molar-refractivity contribution in [2.45, 2.75) is 13.3 Å². The van der Waals surface area contributed by atoms with E-state index in [2.05, 4.69) is 34.2 Å². The number of aryl methyl sites for hydroxylation is 1. The average molecular weight is 339 g/mol. The number of hydrogen-bond donors (Lipinski definition) is 0. The van der Waals surface area contributed by atoms with E-state index in [1.807, 2.05) is 42.1 Å². The van der Waals surface area contributed by atoms with Crippen molar-refractivity contribution in [3.8, 4) is 0 Å². The van der Waals surface area contributed by atoms with Crippen LogP contribution in [0.3, 0.4) is 0 Å². The summed E-state index contributed by atoms with van der Waals surface area (Å²) in [5.41, 5.74) is 3.30. The van der Waals surface area contributed by atoms with Crippen molar-refractivity contribution in [2.24, 2.45) is 0 Å². The summed E-state index contributed by atoms with van der Waals surface area (Å²) in [4.78, 5) is 18.7. The third-order valence-corrected chi connectivity index (χ3v) is 4.54. The van der Waals surface area contributed by atoms with E-state index >= 15 is 0 Å². The summed E-state index contributed by atoms with van der Waals surface area (Å²) in [6, 6.07) is 10.2. The Balaban J connectivity index is 1.58. The Morgan fingerprint density at radius 2 is 1.92 bits per heavy atom. The second-order valence-corrected chi connectivity index (χ2v) is 6.70. The number of carbonyl (C=O) groups excluding carboxylic acids is 1. The van der Waals surface area contributed by atoms with Gasteiger partial charge < -0.3 is 14.7 Å². The summed E-state index contributed by atoms with van der Waals surface area (Å²) in [6.07, 6.45) is 2.22. The van der Waals surface area contributed by atoms with E-state index in [4.69, 9.17) is 0 Å². The van der Waals surface area contributed by atoms with E-state index in [1.54, 1.807) is 6.20 Å². The Labute approximate surface area is 149 Å². The van der Waals surface area contributed by atoms with E-state index in [1.165, 1.54) is 5.56 Å². The maximum Gasteiger partial charge on any atom is 0.227 e. The highest BCUT2D eigenvalue weighted by Crippen LogP contribution is 2.18.